The van der Waals surface area contributed by atoms with Gasteiger partial charge in [0.1, 0.15) is 5.65 Å². The molecular weight excluding hydrogens is 368 g/mol. The maximum absolute atomic E-state index is 12.8. The molecule has 2 aromatic carbocycles. The fourth-order valence-corrected chi connectivity index (χ4v) is 4.96. The predicted octanol–water partition coefficient (Wildman–Crippen LogP) is 4.39. The van der Waals surface area contributed by atoms with Crippen molar-refractivity contribution in [2.45, 2.75) is 24.9 Å². The van der Waals surface area contributed by atoms with E-state index in [1.54, 1.807) is 0 Å². The van der Waals surface area contributed by atoms with Gasteiger partial charge in [0, 0.05) is 18.5 Å². The fourth-order valence-electron chi connectivity index (χ4n) is 4.04. The van der Waals surface area contributed by atoms with Gasteiger partial charge in [0.2, 0.25) is 5.91 Å². The Hall–Kier alpha value is -2.60. The molecule has 5 rings (SSSR count). The third-order valence-electron chi connectivity index (χ3n) is 5.45. The van der Waals surface area contributed by atoms with Crippen LogP contribution >= 0.6 is 11.8 Å². The maximum atomic E-state index is 12.8. The number of aromatic nitrogens is 3. The first-order valence-electron chi connectivity index (χ1n) is 9.77. The van der Waals surface area contributed by atoms with Crippen LogP contribution in [0.3, 0.4) is 0 Å². The summed E-state index contributed by atoms with van der Waals surface area (Å²) in [6.45, 7) is 3.96. The number of likely N-dealkylation sites (tertiary alicyclic amines) is 1. The molecule has 1 amide bonds. The molecule has 2 aromatic heterocycles. The summed E-state index contributed by atoms with van der Waals surface area (Å²) in [6, 6.07) is 16.2. The van der Waals surface area contributed by atoms with Gasteiger partial charge in [-0.05, 0) is 43.0 Å². The Bertz CT molecular complexity index is 1190. The van der Waals surface area contributed by atoms with Crippen LogP contribution in [-0.4, -0.2) is 44.0 Å². The van der Waals surface area contributed by atoms with Crippen molar-refractivity contribution in [1.82, 2.24) is 19.3 Å². The van der Waals surface area contributed by atoms with Gasteiger partial charge >= 0.3 is 0 Å². The smallest absolute Gasteiger partial charge is 0.233 e. The Morgan fingerprint density at radius 1 is 1.11 bits per heavy atom. The molecule has 1 unspecified atom stereocenters. The number of para-hydroxylation sites is 3. The summed E-state index contributed by atoms with van der Waals surface area (Å²) >= 11 is 1.51. The maximum Gasteiger partial charge on any atom is 0.233 e. The molecule has 1 atom stereocenters. The zero-order valence-corrected chi connectivity index (χ0v) is 16.7. The summed E-state index contributed by atoms with van der Waals surface area (Å²) in [5, 5.41) is 1.85. The van der Waals surface area contributed by atoms with Crippen molar-refractivity contribution in [3.05, 3.63) is 48.5 Å². The van der Waals surface area contributed by atoms with Crippen molar-refractivity contribution in [1.29, 1.82) is 0 Å². The Labute approximate surface area is 167 Å². The van der Waals surface area contributed by atoms with E-state index in [1.807, 2.05) is 41.3 Å². The van der Waals surface area contributed by atoms with Crippen LogP contribution in [0.2, 0.25) is 0 Å². The second-order valence-electron chi connectivity index (χ2n) is 7.55. The summed E-state index contributed by atoms with van der Waals surface area (Å²) in [7, 11) is 0. The van der Waals surface area contributed by atoms with Crippen molar-refractivity contribution in [3.63, 3.8) is 0 Å². The van der Waals surface area contributed by atoms with Gasteiger partial charge in [0.05, 0.1) is 22.3 Å². The normalized spacial score (nSPS) is 17.6. The Morgan fingerprint density at radius 2 is 1.89 bits per heavy atom. The number of carbonyl (C=O) groups excluding carboxylic acids is 1. The molecule has 1 fully saturated rings. The minimum absolute atomic E-state index is 0.198. The number of amides is 1. The van der Waals surface area contributed by atoms with E-state index < -0.39 is 0 Å². The van der Waals surface area contributed by atoms with Crippen LogP contribution in [0.5, 0.6) is 0 Å². The Kier molecular flexibility index (Phi) is 4.43. The summed E-state index contributed by atoms with van der Waals surface area (Å²) in [6.07, 6.45) is 2.31. The first-order valence-corrected chi connectivity index (χ1v) is 10.8. The van der Waals surface area contributed by atoms with Crippen molar-refractivity contribution in [2.24, 2.45) is 5.92 Å². The number of carbonyl (C=O) groups is 1. The number of piperidine rings is 1. The summed E-state index contributed by atoms with van der Waals surface area (Å²) in [5.41, 5.74) is 3.77. The van der Waals surface area contributed by atoms with Crippen LogP contribution in [0.1, 0.15) is 19.8 Å². The molecule has 0 saturated carbocycles. The first kappa shape index (κ1) is 17.5. The third kappa shape index (κ3) is 3.02. The molecule has 0 bridgehead atoms. The average Bonchev–Trinajstić information content (AvgIpc) is 3.12. The highest BCUT2D eigenvalue weighted by Crippen LogP contribution is 2.29. The van der Waals surface area contributed by atoms with E-state index >= 15 is 0 Å². The second kappa shape index (κ2) is 7.09. The van der Waals surface area contributed by atoms with Gasteiger partial charge in [-0.25, -0.2) is 9.97 Å². The molecule has 1 aliphatic heterocycles. The molecule has 1 saturated heterocycles. The largest absolute Gasteiger partial charge is 0.342 e. The zero-order chi connectivity index (χ0) is 19.1. The standard InChI is InChI=1S/C22H22N4OS/c1-15-7-6-12-25(13-15)20(27)14-28-22-24-17-9-3-2-8-16(17)21-23-18-10-4-5-11-19(18)26(21)22/h2-5,8-11,15H,6-7,12-14H2,1H3. The highest BCUT2D eigenvalue weighted by molar-refractivity contribution is 7.99. The van der Waals surface area contributed by atoms with E-state index in [0.29, 0.717) is 11.7 Å². The molecule has 5 nitrogen and oxygen atoms in total. The number of hydrogen-bond acceptors (Lipinski definition) is 4. The molecule has 6 heteroatoms. The quantitative estimate of drug-likeness (QED) is 0.385. The Morgan fingerprint density at radius 3 is 2.75 bits per heavy atom. The lowest BCUT2D eigenvalue weighted by Crippen LogP contribution is -2.40. The van der Waals surface area contributed by atoms with Crippen LogP contribution in [0.15, 0.2) is 53.7 Å². The number of hydrogen-bond donors (Lipinski definition) is 0. The van der Waals surface area contributed by atoms with E-state index in [4.69, 9.17) is 9.97 Å². The molecule has 0 aliphatic carbocycles. The Balaban J connectivity index is 1.55. The number of thioether (sulfide) groups is 1. The van der Waals surface area contributed by atoms with E-state index in [9.17, 15) is 4.79 Å². The van der Waals surface area contributed by atoms with Crippen LogP contribution in [-0.2, 0) is 4.79 Å². The second-order valence-corrected chi connectivity index (χ2v) is 8.49. The molecule has 3 heterocycles. The summed E-state index contributed by atoms with van der Waals surface area (Å²) in [5.74, 6) is 1.19. The molecule has 0 radical (unpaired) electrons. The average molecular weight is 391 g/mol. The van der Waals surface area contributed by atoms with Crippen molar-refractivity contribution < 1.29 is 4.79 Å². The van der Waals surface area contributed by atoms with Gasteiger partial charge in [-0.15, -0.1) is 0 Å². The van der Waals surface area contributed by atoms with Gasteiger partial charge < -0.3 is 4.90 Å². The molecule has 4 aromatic rings. The van der Waals surface area contributed by atoms with E-state index in [0.717, 1.165) is 52.3 Å². The number of benzene rings is 2. The number of imidazole rings is 1. The van der Waals surface area contributed by atoms with Gasteiger partial charge in [-0.3, -0.25) is 9.20 Å². The third-order valence-corrected chi connectivity index (χ3v) is 6.37. The minimum atomic E-state index is 0.198. The van der Waals surface area contributed by atoms with Gasteiger partial charge in [-0.2, -0.15) is 0 Å². The lowest BCUT2D eigenvalue weighted by atomic mass is 10.0. The molecular formula is C22H22N4OS. The fraction of sp³-hybridized carbons (Fsp3) is 0.318. The number of nitrogens with zero attached hydrogens (tertiary/aromatic N) is 4. The van der Waals surface area contributed by atoms with Crippen LogP contribution in [0.25, 0.3) is 27.6 Å². The topological polar surface area (TPSA) is 50.5 Å². The van der Waals surface area contributed by atoms with Crippen molar-refractivity contribution in [3.8, 4) is 0 Å². The molecule has 0 N–H and O–H groups in total. The molecule has 28 heavy (non-hydrogen) atoms. The summed E-state index contributed by atoms with van der Waals surface area (Å²) in [4.78, 5) is 24.5. The van der Waals surface area contributed by atoms with Crippen LogP contribution < -0.4 is 0 Å². The van der Waals surface area contributed by atoms with Crippen molar-refractivity contribution in [2.75, 3.05) is 18.8 Å². The lowest BCUT2D eigenvalue weighted by molar-refractivity contribution is -0.130. The predicted molar refractivity (Wildman–Crippen MR) is 114 cm³/mol. The van der Waals surface area contributed by atoms with E-state index in [-0.39, 0.29) is 5.91 Å². The first-order chi connectivity index (χ1) is 13.7. The van der Waals surface area contributed by atoms with Gasteiger partial charge in [0.25, 0.3) is 0 Å². The van der Waals surface area contributed by atoms with Crippen LogP contribution in [0, 0.1) is 5.92 Å². The molecule has 142 valence electrons. The number of rotatable bonds is 3. The van der Waals surface area contributed by atoms with Gasteiger partial charge in [0.15, 0.2) is 5.16 Å². The highest BCUT2D eigenvalue weighted by Gasteiger charge is 2.22. The van der Waals surface area contributed by atoms with Crippen LogP contribution in [0.4, 0.5) is 0 Å². The van der Waals surface area contributed by atoms with E-state index in [1.165, 1.54) is 18.2 Å². The minimum Gasteiger partial charge on any atom is -0.342 e. The highest BCUT2D eigenvalue weighted by atomic mass is 32.2. The molecule has 0 spiro atoms. The molecule has 1 aliphatic rings. The lowest BCUT2D eigenvalue weighted by Gasteiger charge is -2.30. The zero-order valence-electron chi connectivity index (χ0n) is 15.8. The van der Waals surface area contributed by atoms with E-state index in [2.05, 4.69) is 23.5 Å². The van der Waals surface area contributed by atoms with Gasteiger partial charge in [-0.1, -0.05) is 43.0 Å². The SMILES string of the molecule is CC1CCCN(C(=O)CSc2nc3ccccc3c3nc4ccccc4n23)C1. The monoisotopic (exact) mass is 390 g/mol. The summed E-state index contributed by atoms with van der Waals surface area (Å²) < 4.78 is 2.09. The van der Waals surface area contributed by atoms with Crippen molar-refractivity contribution >= 4 is 45.3 Å². The number of fused-ring (bicyclic) bond motifs is 5.